The lowest BCUT2D eigenvalue weighted by atomic mass is 9.83. The molecule has 3 rings (SSSR count). The van der Waals surface area contributed by atoms with E-state index in [0.29, 0.717) is 28.3 Å². The molecule has 206 valence electrons. The van der Waals surface area contributed by atoms with Gasteiger partial charge >= 0.3 is 0 Å². The quantitative estimate of drug-likeness (QED) is 0.276. The van der Waals surface area contributed by atoms with Crippen LogP contribution in [0.1, 0.15) is 43.2 Å². The Hall–Kier alpha value is -3.64. The molecule has 1 saturated carbocycles. The number of carbonyl (C=O) groups excluding carboxylic acids is 2. The molecule has 0 heterocycles. The number of anilines is 1. The molecule has 1 fully saturated rings. The molecule has 0 bridgehead atoms. The van der Waals surface area contributed by atoms with Crippen molar-refractivity contribution >= 4 is 33.5 Å². The first-order valence-electron chi connectivity index (χ1n) is 12.3. The maximum Gasteiger partial charge on any atom is 0.249 e. The molecule has 2 amide bonds. The Morgan fingerprint density at radius 2 is 1.74 bits per heavy atom. The number of nitrogens with zero attached hydrogens (tertiary/aromatic N) is 1. The van der Waals surface area contributed by atoms with Crippen molar-refractivity contribution < 1.29 is 27.5 Å². The van der Waals surface area contributed by atoms with Crippen LogP contribution in [0.15, 0.2) is 46.3 Å². The average molecular weight is 546 g/mol. The molecule has 12 heteroatoms. The van der Waals surface area contributed by atoms with Gasteiger partial charge in [-0.05, 0) is 61.1 Å². The van der Waals surface area contributed by atoms with Crippen LogP contribution in [0.5, 0.6) is 11.5 Å². The molecule has 1 atom stereocenters. The Morgan fingerprint density at radius 3 is 2.37 bits per heavy atom. The van der Waals surface area contributed by atoms with Crippen molar-refractivity contribution in [3.8, 4) is 11.5 Å². The summed E-state index contributed by atoms with van der Waals surface area (Å²) in [5.41, 5.74) is 7.73. The highest BCUT2D eigenvalue weighted by molar-refractivity contribution is 7.89. The number of nitrogens with two attached hydrogens (primary N) is 2. The van der Waals surface area contributed by atoms with E-state index >= 15 is 0 Å². The van der Waals surface area contributed by atoms with Crippen LogP contribution in [0.2, 0.25) is 0 Å². The third-order valence-corrected chi connectivity index (χ3v) is 7.43. The van der Waals surface area contributed by atoms with Crippen LogP contribution in [0.25, 0.3) is 0 Å². The highest BCUT2D eigenvalue weighted by Crippen LogP contribution is 2.30. The fourth-order valence-corrected chi connectivity index (χ4v) is 5.03. The summed E-state index contributed by atoms with van der Waals surface area (Å²) in [7, 11) is -0.911. The number of rotatable bonds is 9. The summed E-state index contributed by atoms with van der Waals surface area (Å²) in [6.45, 7) is 1.74. The minimum Gasteiger partial charge on any atom is -0.493 e. The van der Waals surface area contributed by atoms with Crippen molar-refractivity contribution in [2.45, 2.75) is 56.4 Å². The number of amides is 2. The SMILES string of the molecule is COc1ccc(CC(=O)NC(N)=N[C@@H](C(=O)Nc2cc(S(N)(=O)=O)ccc2C)C2CCCCC2)cc1OC. The number of sulfonamides is 1. The standard InChI is InChI=1S/C26H35N5O6S/c1-16-9-11-19(38(28,34)35)15-20(16)29-25(33)24(18-7-5-4-6-8-18)31-26(27)30-23(32)14-17-10-12-21(36-2)22(13-17)37-3/h9-13,15,18,24H,4-8,14H2,1-3H3,(H,29,33)(H2,28,34,35)(H3,27,30,31,32)/t24-/m1/s1. The normalized spacial score (nSPS) is 15.4. The number of benzene rings is 2. The largest absolute Gasteiger partial charge is 0.493 e. The van der Waals surface area contributed by atoms with Crippen LogP contribution in [-0.2, 0) is 26.0 Å². The molecule has 0 aromatic heterocycles. The van der Waals surface area contributed by atoms with Gasteiger partial charge in [-0.25, -0.2) is 18.5 Å². The van der Waals surface area contributed by atoms with Crippen LogP contribution < -0.4 is 31.0 Å². The highest BCUT2D eigenvalue weighted by atomic mass is 32.2. The van der Waals surface area contributed by atoms with E-state index < -0.39 is 27.9 Å². The molecular formula is C26H35N5O6S. The van der Waals surface area contributed by atoms with E-state index in [-0.39, 0.29) is 23.2 Å². The lowest BCUT2D eigenvalue weighted by Crippen LogP contribution is -2.42. The van der Waals surface area contributed by atoms with E-state index in [9.17, 15) is 18.0 Å². The summed E-state index contributed by atoms with van der Waals surface area (Å²) in [6.07, 6.45) is 4.55. The maximum atomic E-state index is 13.4. The predicted molar refractivity (Wildman–Crippen MR) is 145 cm³/mol. The second-order valence-corrected chi connectivity index (χ2v) is 10.8. The number of guanidine groups is 1. The number of aliphatic imine (C=N–C) groups is 1. The molecule has 1 aliphatic carbocycles. The van der Waals surface area contributed by atoms with Crippen molar-refractivity contribution in [3.63, 3.8) is 0 Å². The highest BCUT2D eigenvalue weighted by Gasteiger charge is 2.30. The smallest absolute Gasteiger partial charge is 0.249 e. The monoisotopic (exact) mass is 545 g/mol. The molecular weight excluding hydrogens is 510 g/mol. The Balaban J connectivity index is 1.78. The summed E-state index contributed by atoms with van der Waals surface area (Å²) in [4.78, 5) is 30.3. The second-order valence-electron chi connectivity index (χ2n) is 9.28. The Bertz CT molecular complexity index is 1310. The fraction of sp³-hybridized carbons (Fsp3) is 0.423. The zero-order chi connectivity index (χ0) is 27.9. The van der Waals surface area contributed by atoms with Gasteiger partial charge in [-0.15, -0.1) is 0 Å². The minimum atomic E-state index is -3.95. The van der Waals surface area contributed by atoms with Gasteiger partial charge in [-0.2, -0.15) is 0 Å². The fourth-order valence-electron chi connectivity index (χ4n) is 4.49. The van der Waals surface area contributed by atoms with E-state index in [2.05, 4.69) is 15.6 Å². The lowest BCUT2D eigenvalue weighted by molar-refractivity contribution is -0.120. The van der Waals surface area contributed by atoms with Crippen LogP contribution >= 0.6 is 0 Å². The first kappa shape index (κ1) is 28.9. The average Bonchev–Trinajstić information content (AvgIpc) is 2.88. The van der Waals surface area contributed by atoms with Gasteiger partial charge in [0, 0.05) is 5.69 Å². The number of hydrogen-bond donors (Lipinski definition) is 4. The van der Waals surface area contributed by atoms with Crippen molar-refractivity contribution in [2.75, 3.05) is 19.5 Å². The van der Waals surface area contributed by atoms with Crippen molar-refractivity contribution in [1.82, 2.24) is 5.32 Å². The van der Waals surface area contributed by atoms with Crippen LogP contribution in [0.3, 0.4) is 0 Å². The number of carbonyl (C=O) groups is 2. The summed E-state index contributed by atoms with van der Waals surface area (Å²) < 4.78 is 34.1. The van der Waals surface area contributed by atoms with Gasteiger partial charge in [-0.1, -0.05) is 31.4 Å². The molecule has 6 N–H and O–H groups in total. The van der Waals surface area contributed by atoms with E-state index in [1.54, 1.807) is 31.2 Å². The summed E-state index contributed by atoms with van der Waals surface area (Å²) in [5, 5.41) is 10.6. The minimum absolute atomic E-state index is 0.0103. The van der Waals surface area contributed by atoms with E-state index in [1.165, 1.54) is 26.4 Å². The Morgan fingerprint density at radius 1 is 1.05 bits per heavy atom. The Kier molecular flexibility index (Phi) is 9.70. The molecule has 0 unspecified atom stereocenters. The molecule has 0 saturated heterocycles. The zero-order valence-electron chi connectivity index (χ0n) is 21.8. The molecule has 1 aliphatic rings. The van der Waals surface area contributed by atoms with E-state index in [0.717, 1.165) is 32.1 Å². The molecule has 2 aromatic rings. The maximum absolute atomic E-state index is 13.4. The van der Waals surface area contributed by atoms with Gasteiger partial charge < -0.3 is 20.5 Å². The molecule has 2 aromatic carbocycles. The van der Waals surface area contributed by atoms with Crippen molar-refractivity contribution in [2.24, 2.45) is 21.8 Å². The van der Waals surface area contributed by atoms with Crippen molar-refractivity contribution in [1.29, 1.82) is 0 Å². The number of nitrogens with one attached hydrogen (secondary N) is 2. The van der Waals surface area contributed by atoms with Gasteiger partial charge in [-0.3, -0.25) is 14.9 Å². The first-order valence-corrected chi connectivity index (χ1v) is 13.8. The number of ether oxygens (including phenoxy) is 2. The van der Waals surface area contributed by atoms with Gasteiger partial charge in [0.05, 0.1) is 25.5 Å². The van der Waals surface area contributed by atoms with Gasteiger partial charge in [0.1, 0.15) is 6.04 Å². The van der Waals surface area contributed by atoms with Crippen LogP contribution in [0, 0.1) is 12.8 Å². The topological polar surface area (TPSA) is 175 Å². The third kappa shape index (κ3) is 7.68. The third-order valence-electron chi connectivity index (χ3n) is 6.52. The number of hydrogen-bond acceptors (Lipinski definition) is 7. The summed E-state index contributed by atoms with van der Waals surface area (Å²) in [5.74, 6) is -0.0520. The summed E-state index contributed by atoms with van der Waals surface area (Å²) in [6, 6.07) is 8.54. The molecule has 0 radical (unpaired) electrons. The van der Waals surface area contributed by atoms with Gasteiger partial charge in [0.25, 0.3) is 0 Å². The summed E-state index contributed by atoms with van der Waals surface area (Å²) >= 11 is 0. The molecule has 0 spiro atoms. The van der Waals surface area contributed by atoms with Gasteiger partial charge in [0.15, 0.2) is 17.5 Å². The molecule has 11 nitrogen and oxygen atoms in total. The number of aryl methyl sites for hydroxylation is 1. The van der Waals surface area contributed by atoms with E-state index in [4.69, 9.17) is 20.3 Å². The van der Waals surface area contributed by atoms with Gasteiger partial charge in [0.2, 0.25) is 21.8 Å². The number of methoxy groups -OCH3 is 2. The van der Waals surface area contributed by atoms with E-state index in [1.807, 2.05) is 0 Å². The lowest BCUT2D eigenvalue weighted by Gasteiger charge is -2.27. The van der Waals surface area contributed by atoms with Crippen LogP contribution in [0.4, 0.5) is 5.69 Å². The van der Waals surface area contributed by atoms with Crippen LogP contribution in [-0.4, -0.2) is 46.5 Å². The molecule has 0 aliphatic heterocycles. The first-order chi connectivity index (χ1) is 18.0. The number of primary sulfonamides is 1. The molecule has 38 heavy (non-hydrogen) atoms. The Labute approximate surface area is 223 Å². The predicted octanol–water partition coefficient (Wildman–Crippen LogP) is 2.22. The zero-order valence-corrected chi connectivity index (χ0v) is 22.6. The second kappa shape index (κ2) is 12.7. The van der Waals surface area contributed by atoms with Crippen molar-refractivity contribution in [3.05, 3.63) is 47.5 Å².